The molecule has 0 bridgehead atoms. The molecule has 0 aliphatic carbocycles. The second kappa shape index (κ2) is 7.14. The van der Waals surface area contributed by atoms with Gasteiger partial charge in [-0.25, -0.2) is 0 Å². The van der Waals surface area contributed by atoms with Crippen LogP contribution in [0.15, 0.2) is 24.3 Å². The lowest BCUT2D eigenvalue weighted by molar-refractivity contribution is 0.0705. The van der Waals surface area contributed by atoms with E-state index >= 15 is 0 Å². The maximum atomic E-state index is 12.5. The zero-order chi connectivity index (χ0) is 14.4. The first-order valence-electron chi connectivity index (χ1n) is 6.75. The molecule has 1 amide bonds. The van der Waals surface area contributed by atoms with Crippen molar-refractivity contribution in [3.05, 3.63) is 29.8 Å². The molecule has 1 rings (SSSR count). The number of carbonyl (C=O) groups is 1. The minimum atomic E-state index is 0.0761. The van der Waals surface area contributed by atoms with Crippen molar-refractivity contribution in [1.82, 2.24) is 4.90 Å². The zero-order valence-electron chi connectivity index (χ0n) is 12.4. The summed E-state index contributed by atoms with van der Waals surface area (Å²) in [5.74, 6) is 0.0761. The van der Waals surface area contributed by atoms with Crippen molar-refractivity contribution in [2.45, 2.75) is 26.3 Å². The Hall–Kier alpha value is -1.55. The highest BCUT2D eigenvalue weighted by molar-refractivity contribution is 5.95. The van der Waals surface area contributed by atoms with Crippen molar-refractivity contribution in [2.24, 2.45) is 5.73 Å². The molecule has 106 valence electrons. The number of anilines is 1. The minimum Gasteiger partial charge on any atom is -0.378 e. The van der Waals surface area contributed by atoms with Crippen LogP contribution in [-0.4, -0.2) is 44.0 Å². The van der Waals surface area contributed by atoms with Gasteiger partial charge in [0.25, 0.3) is 5.91 Å². The summed E-state index contributed by atoms with van der Waals surface area (Å²) in [6, 6.07) is 7.90. The van der Waals surface area contributed by atoms with Crippen LogP contribution in [0.4, 0.5) is 5.69 Å². The summed E-state index contributed by atoms with van der Waals surface area (Å²) in [6.07, 6.45) is 0.831. The van der Waals surface area contributed by atoms with Gasteiger partial charge in [-0.1, -0.05) is 6.07 Å². The van der Waals surface area contributed by atoms with Crippen molar-refractivity contribution in [3.63, 3.8) is 0 Å². The van der Waals surface area contributed by atoms with Gasteiger partial charge in [-0.2, -0.15) is 0 Å². The van der Waals surface area contributed by atoms with Gasteiger partial charge in [0.1, 0.15) is 0 Å². The Kier molecular flexibility index (Phi) is 5.83. The molecule has 4 heteroatoms. The predicted molar refractivity (Wildman–Crippen MR) is 80.6 cm³/mol. The van der Waals surface area contributed by atoms with E-state index in [0.29, 0.717) is 13.1 Å². The van der Waals surface area contributed by atoms with E-state index in [1.807, 2.05) is 62.0 Å². The standard InChI is InChI=1S/C15H25N3O/c1-12(2)18(10-6-9-16)15(19)13-7-5-8-14(11-13)17(3)4/h5,7-8,11-12H,6,9-10,16H2,1-4H3. The van der Waals surface area contributed by atoms with Gasteiger partial charge in [0.05, 0.1) is 0 Å². The monoisotopic (exact) mass is 263 g/mol. The topological polar surface area (TPSA) is 49.6 Å². The van der Waals surface area contributed by atoms with Gasteiger partial charge in [-0.05, 0) is 45.0 Å². The molecular weight excluding hydrogens is 238 g/mol. The molecule has 0 aromatic heterocycles. The number of benzene rings is 1. The van der Waals surface area contributed by atoms with E-state index in [2.05, 4.69) is 0 Å². The fourth-order valence-corrected chi connectivity index (χ4v) is 1.94. The Bertz CT molecular complexity index is 416. The van der Waals surface area contributed by atoms with Crippen LogP contribution in [0.1, 0.15) is 30.6 Å². The van der Waals surface area contributed by atoms with Crippen molar-refractivity contribution in [1.29, 1.82) is 0 Å². The molecule has 4 nitrogen and oxygen atoms in total. The number of carbonyl (C=O) groups excluding carboxylic acids is 1. The van der Waals surface area contributed by atoms with Gasteiger partial charge in [-0.3, -0.25) is 4.79 Å². The van der Waals surface area contributed by atoms with Crippen molar-refractivity contribution in [3.8, 4) is 0 Å². The average molecular weight is 263 g/mol. The molecule has 0 spiro atoms. The number of rotatable bonds is 6. The summed E-state index contributed by atoms with van der Waals surface area (Å²) < 4.78 is 0. The molecule has 0 radical (unpaired) electrons. The van der Waals surface area contributed by atoms with Crippen LogP contribution in [0, 0.1) is 0 Å². The Morgan fingerprint density at radius 2 is 2.00 bits per heavy atom. The highest BCUT2D eigenvalue weighted by Gasteiger charge is 2.18. The molecule has 0 saturated heterocycles. The largest absolute Gasteiger partial charge is 0.378 e. The second-order valence-corrected chi connectivity index (χ2v) is 5.18. The molecule has 2 N–H and O–H groups in total. The summed E-state index contributed by atoms with van der Waals surface area (Å²) in [5.41, 5.74) is 7.30. The molecule has 1 aromatic rings. The summed E-state index contributed by atoms with van der Waals surface area (Å²) in [7, 11) is 3.94. The summed E-state index contributed by atoms with van der Waals surface area (Å²) >= 11 is 0. The first kappa shape index (κ1) is 15.5. The lowest BCUT2D eigenvalue weighted by Gasteiger charge is -2.27. The molecule has 0 unspecified atom stereocenters. The number of hydrogen-bond donors (Lipinski definition) is 1. The summed E-state index contributed by atoms with van der Waals surface area (Å²) in [5, 5.41) is 0. The lowest BCUT2D eigenvalue weighted by atomic mass is 10.1. The SMILES string of the molecule is CC(C)N(CCCN)C(=O)c1cccc(N(C)C)c1. The Balaban J connectivity index is 2.92. The fourth-order valence-electron chi connectivity index (χ4n) is 1.94. The number of nitrogens with two attached hydrogens (primary N) is 1. The van der Waals surface area contributed by atoms with E-state index in [4.69, 9.17) is 5.73 Å². The Morgan fingerprint density at radius 3 is 2.53 bits per heavy atom. The molecule has 0 aliphatic heterocycles. The molecule has 19 heavy (non-hydrogen) atoms. The first-order valence-corrected chi connectivity index (χ1v) is 6.75. The highest BCUT2D eigenvalue weighted by atomic mass is 16.2. The van der Waals surface area contributed by atoms with Crippen molar-refractivity contribution in [2.75, 3.05) is 32.1 Å². The number of hydrogen-bond acceptors (Lipinski definition) is 3. The van der Waals surface area contributed by atoms with Crippen LogP contribution in [-0.2, 0) is 0 Å². The second-order valence-electron chi connectivity index (χ2n) is 5.18. The van der Waals surface area contributed by atoms with Gasteiger partial charge in [0.2, 0.25) is 0 Å². The third kappa shape index (κ3) is 4.24. The van der Waals surface area contributed by atoms with E-state index in [9.17, 15) is 4.79 Å². The predicted octanol–water partition coefficient (Wildman–Crippen LogP) is 1.95. The Morgan fingerprint density at radius 1 is 1.32 bits per heavy atom. The third-order valence-electron chi connectivity index (χ3n) is 3.10. The van der Waals surface area contributed by atoms with E-state index in [1.165, 1.54) is 0 Å². The maximum Gasteiger partial charge on any atom is 0.254 e. The minimum absolute atomic E-state index is 0.0761. The van der Waals surface area contributed by atoms with Gasteiger partial charge in [0, 0.05) is 37.9 Å². The maximum absolute atomic E-state index is 12.5. The van der Waals surface area contributed by atoms with Crippen LogP contribution < -0.4 is 10.6 Å². The average Bonchev–Trinajstić information content (AvgIpc) is 2.38. The molecule has 0 atom stereocenters. The van der Waals surface area contributed by atoms with Gasteiger partial charge < -0.3 is 15.5 Å². The number of amides is 1. The highest BCUT2D eigenvalue weighted by Crippen LogP contribution is 2.16. The van der Waals surface area contributed by atoms with Gasteiger partial charge in [0.15, 0.2) is 0 Å². The van der Waals surface area contributed by atoms with Gasteiger partial charge in [-0.15, -0.1) is 0 Å². The molecule has 0 saturated carbocycles. The molecule has 1 aromatic carbocycles. The van der Waals surface area contributed by atoms with E-state index < -0.39 is 0 Å². The summed E-state index contributed by atoms with van der Waals surface area (Å²) in [4.78, 5) is 16.4. The van der Waals surface area contributed by atoms with E-state index in [1.54, 1.807) is 0 Å². The quantitative estimate of drug-likeness (QED) is 0.853. The third-order valence-corrected chi connectivity index (χ3v) is 3.10. The zero-order valence-corrected chi connectivity index (χ0v) is 12.4. The van der Waals surface area contributed by atoms with Crippen LogP contribution in [0.2, 0.25) is 0 Å². The molecule has 0 heterocycles. The first-order chi connectivity index (χ1) is 8.97. The summed E-state index contributed by atoms with van der Waals surface area (Å²) in [6.45, 7) is 5.38. The van der Waals surface area contributed by atoms with Crippen LogP contribution >= 0.6 is 0 Å². The number of nitrogens with zero attached hydrogens (tertiary/aromatic N) is 2. The normalized spacial score (nSPS) is 10.6. The fraction of sp³-hybridized carbons (Fsp3) is 0.533. The van der Waals surface area contributed by atoms with Crippen molar-refractivity contribution >= 4 is 11.6 Å². The van der Waals surface area contributed by atoms with Crippen molar-refractivity contribution < 1.29 is 4.79 Å². The molecule has 0 fully saturated rings. The van der Waals surface area contributed by atoms with E-state index in [-0.39, 0.29) is 11.9 Å². The molecular formula is C15H25N3O. The van der Waals surface area contributed by atoms with Gasteiger partial charge >= 0.3 is 0 Å². The lowest BCUT2D eigenvalue weighted by Crippen LogP contribution is -2.38. The molecule has 0 aliphatic rings. The van der Waals surface area contributed by atoms with Crippen LogP contribution in [0.25, 0.3) is 0 Å². The van der Waals surface area contributed by atoms with Crippen LogP contribution in [0.3, 0.4) is 0 Å². The smallest absolute Gasteiger partial charge is 0.254 e. The van der Waals surface area contributed by atoms with Crippen LogP contribution in [0.5, 0.6) is 0 Å². The Labute approximate surface area is 116 Å². The van der Waals surface area contributed by atoms with E-state index in [0.717, 1.165) is 17.7 Å².